The molecule has 2 aliphatic heterocycles. The lowest BCUT2D eigenvalue weighted by Gasteiger charge is -2.37. The molecule has 2 fully saturated rings. The van der Waals surface area contributed by atoms with Crippen molar-refractivity contribution in [1.82, 2.24) is 44.6 Å². The molecular weight excluding hydrogens is 757 g/mol. The Morgan fingerprint density at radius 3 is 2.08 bits per heavy atom. The zero-order valence-electron chi connectivity index (χ0n) is 34.1. The monoisotopic (exact) mass is 806 g/mol. The standard InChI is InChI=1S/C46H50N10O4/c1-30(54(3)44(58)46(2,60-45(47)59)35-16-9-5-10-17-35)40-50-28-36(52-40)31-19-21-33(22-20-31)41-48-26-34(27-49-41)37-29-51-42(53-37)38-18-13-25-56(38)43(57)39(32-14-7-4-8-15-32)55-23-11-6-12-24-55/h4-5,7-10,14-17,19-22,26-30,38-39H,6,11-13,18,23-25H2,1-3H3,(H2,47,59)(H,50,52)(H,51,53)/t30-,38?,39+,46?/m1/s1. The Kier molecular flexibility index (Phi) is 11.6. The average Bonchev–Trinajstić information content (AvgIpc) is 4.09. The summed E-state index contributed by atoms with van der Waals surface area (Å²) in [6.45, 7) is 5.93. The van der Waals surface area contributed by atoms with Crippen molar-refractivity contribution in [1.29, 1.82) is 0 Å². The van der Waals surface area contributed by atoms with Gasteiger partial charge in [0.05, 0.1) is 35.9 Å². The molecule has 4 atom stereocenters. The van der Waals surface area contributed by atoms with Crippen LogP contribution >= 0.6 is 0 Å². The van der Waals surface area contributed by atoms with E-state index in [2.05, 4.69) is 42.0 Å². The zero-order chi connectivity index (χ0) is 41.8. The highest BCUT2D eigenvalue weighted by Crippen LogP contribution is 2.37. The summed E-state index contributed by atoms with van der Waals surface area (Å²) in [4.78, 5) is 71.4. The minimum Gasteiger partial charge on any atom is -0.428 e. The first-order valence-electron chi connectivity index (χ1n) is 20.5. The molecular formula is C46H50N10O4. The van der Waals surface area contributed by atoms with Gasteiger partial charge in [0.15, 0.2) is 5.82 Å². The number of hydrogen-bond acceptors (Lipinski definition) is 9. The molecule has 60 heavy (non-hydrogen) atoms. The van der Waals surface area contributed by atoms with Gasteiger partial charge in [0, 0.05) is 42.7 Å². The molecule has 2 aliphatic rings. The second kappa shape index (κ2) is 17.3. The quantitative estimate of drug-likeness (QED) is 0.114. The van der Waals surface area contributed by atoms with Gasteiger partial charge in [0.25, 0.3) is 5.91 Å². The Balaban J connectivity index is 0.927. The predicted octanol–water partition coefficient (Wildman–Crippen LogP) is 7.34. The largest absolute Gasteiger partial charge is 0.428 e. The van der Waals surface area contributed by atoms with Crippen molar-refractivity contribution in [3.63, 3.8) is 0 Å². The lowest BCUT2D eigenvalue weighted by molar-refractivity contribution is -0.151. The van der Waals surface area contributed by atoms with Crippen molar-refractivity contribution < 1.29 is 19.1 Å². The summed E-state index contributed by atoms with van der Waals surface area (Å²) in [5, 5.41) is 0. The Labute approximate surface area is 349 Å². The third-order valence-corrected chi connectivity index (χ3v) is 11.9. The van der Waals surface area contributed by atoms with Crippen LogP contribution in [0.3, 0.4) is 0 Å². The van der Waals surface area contributed by atoms with Gasteiger partial charge in [-0.25, -0.2) is 24.7 Å². The van der Waals surface area contributed by atoms with Gasteiger partial charge in [0.1, 0.15) is 17.7 Å². The molecule has 4 N–H and O–H groups in total. The second-order valence-electron chi connectivity index (χ2n) is 15.7. The number of likely N-dealkylation sites (N-methyl/N-ethyl adjacent to an activating group) is 1. The van der Waals surface area contributed by atoms with Crippen LogP contribution in [0.5, 0.6) is 0 Å². The van der Waals surface area contributed by atoms with Gasteiger partial charge in [-0.2, -0.15) is 0 Å². The van der Waals surface area contributed by atoms with Crippen LogP contribution in [0.2, 0.25) is 0 Å². The molecule has 0 aliphatic carbocycles. The fourth-order valence-electron chi connectivity index (χ4n) is 8.44. The maximum absolute atomic E-state index is 14.3. The number of primary amides is 1. The number of hydrogen-bond donors (Lipinski definition) is 3. The van der Waals surface area contributed by atoms with E-state index in [1.165, 1.54) is 18.2 Å². The summed E-state index contributed by atoms with van der Waals surface area (Å²) in [6.07, 6.45) is 11.2. The molecule has 2 unspecified atom stereocenters. The van der Waals surface area contributed by atoms with Crippen LogP contribution in [0.15, 0.2) is 110 Å². The number of imidazole rings is 2. The molecule has 2 saturated heterocycles. The molecule has 14 heteroatoms. The van der Waals surface area contributed by atoms with Gasteiger partial charge < -0.3 is 30.2 Å². The van der Waals surface area contributed by atoms with E-state index >= 15 is 0 Å². The van der Waals surface area contributed by atoms with Crippen molar-refractivity contribution in [2.75, 3.05) is 26.7 Å². The van der Waals surface area contributed by atoms with E-state index in [0.717, 1.165) is 78.2 Å². The zero-order valence-corrected chi connectivity index (χ0v) is 34.1. The summed E-state index contributed by atoms with van der Waals surface area (Å²) in [5.41, 5.74) is 9.39. The van der Waals surface area contributed by atoms with Crippen molar-refractivity contribution in [3.8, 4) is 33.9 Å². The summed E-state index contributed by atoms with van der Waals surface area (Å²) >= 11 is 0. The minimum atomic E-state index is -1.62. The van der Waals surface area contributed by atoms with Crippen LogP contribution in [0.1, 0.15) is 86.9 Å². The van der Waals surface area contributed by atoms with Gasteiger partial charge in [-0.1, -0.05) is 91.3 Å². The molecule has 0 radical (unpaired) electrons. The Bertz CT molecular complexity index is 2410. The van der Waals surface area contributed by atoms with Gasteiger partial charge >= 0.3 is 6.09 Å². The van der Waals surface area contributed by atoms with Crippen molar-refractivity contribution in [2.45, 2.75) is 69.7 Å². The number of piperidine rings is 1. The topological polar surface area (TPSA) is 179 Å². The molecule has 3 aromatic heterocycles. The third kappa shape index (κ3) is 8.15. The van der Waals surface area contributed by atoms with E-state index in [0.29, 0.717) is 23.8 Å². The highest BCUT2D eigenvalue weighted by Gasteiger charge is 2.43. The number of aromatic amines is 2. The lowest BCUT2D eigenvalue weighted by Crippen LogP contribution is -2.48. The van der Waals surface area contributed by atoms with E-state index in [4.69, 9.17) is 15.5 Å². The number of amides is 3. The van der Waals surface area contributed by atoms with Gasteiger partial charge in [-0.05, 0) is 63.7 Å². The SMILES string of the molecule is C[C@H](c1ncc(-c2ccc(-c3ncc(-c4cnc(C5CCCN5C(=O)[C@H](c5ccccc5)N5CCCCC5)[nH]4)cn3)cc2)[nH]1)N(C)C(=O)C(C)(OC(N)=O)c1ccccc1. The number of rotatable bonds is 12. The molecule has 0 spiro atoms. The fourth-order valence-corrected chi connectivity index (χ4v) is 8.44. The van der Waals surface area contributed by atoms with Gasteiger partial charge in [-0.3, -0.25) is 14.5 Å². The molecule has 6 aromatic rings. The van der Waals surface area contributed by atoms with Crippen LogP contribution < -0.4 is 5.73 Å². The maximum atomic E-state index is 14.3. The normalized spacial score (nSPS) is 17.7. The molecule has 308 valence electrons. The van der Waals surface area contributed by atoms with E-state index in [1.807, 2.05) is 60.4 Å². The number of carbonyl (C=O) groups excluding carboxylic acids is 3. The first-order valence-corrected chi connectivity index (χ1v) is 20.5. The molecule has 8 rings (SSSR count). The number of benzene rings is 3. The predicted molar refractivity (Wildman–Crippen MR) is 227 cm³/mol. The van der Waals surface area contributed by atoms with E-state index in [-0.39, 0.29) is 18.0 Å². The maximum Gasteiger partial charge on any atom is 0.405 e. The Hall–Kier alpha value is -6.67. The Morgan fingerprint density at radius 1 is 0.767 bits per heavy atom. The molecule has 5 heterocycles. The summed E-state index contributed by atoms with van der Waals surface area (Å²) in [6, 6.07) is 25.9. The molecule has 14 nitrogen and oxygen atoms in total. The number of nitrogens with one attached hydrogen (secondary N) is 2. The lowest BCUT2D eigenvalue weighted by atomic mass is 9.93. The molecule has 0 bridgehead atoms. The van der Waals surface area contributed by atoms with Gasteiger partial charge in [-0.15, -0.1) is 0 Å². The number of ether oxygens (including phenoxy) is 1. The van der Waals surface area contributed by atoms with Crippen LogP contribution in [0, 0.1) is 0 Å². The van der Waals surface area contributed by atoms with Crippen molar-refractivity contribution in [2.24, 2.45) is 5.73 Å². The molecule has 0 saturated carbocycles. The summed E-state index contributed by atoms with van der Waals surface area (Å²) in [5.74, 6) is 1.60. The third-order valence-electron chi connectivity index (χ3n) is 11.9. The smallest absolute Gasteiger partial charge is 0.405 e. The fraction of sp³-hybridized carbons (Fsp3) is 0.326. The number of nitrogens with two attached hydrogens (primary N) is 1. The summed E-state index contributed by atoms with van der Waals surface area (Å²) in [7, 11) is 1.64. The van der Waals surface area contributed by atoms with Crippen LogP contribution in [0.4, 0.5) is 4.79 Å². The second-order valence-corrected chi connectivity index (χ2v) is 15.7. The van der Waals surface area contributed by atoms with E-state index in [9.17, 15) is 14.4 Å². The molecule has 3 amide bonds. The number of aromatic nitrogens is 6. The average molecular weight is 807 g/mol. The van der Waals surface area contributed by atoms with Crippen LogP contribution in [0.25, 0.3) is 33.9 Å². The number of nitrogens with zero attached hydrogens (tertiary/aromatic N) is 7. The first-order chi connectivity index (χ1) is 29.1. The molecule has 3 aromatic carbocycles. The van der Waals surface area contributed by atoms with Crippen molar-refractivity contribution in [3.05, 3.63) is 132 Å². The van der Waals surface area contributed by atoms with Gasteiger partial charge in [0.2, 0.25) is 11.5 Å². The number of likely N-dealkylation sites (tertiary alicyclic amines) is 2. The number of carbonyl (C=O) groups is 3. The van der Waals surface area contributed by atoms with Crippen molar-refractivity contribution >= 4 is 17.9 Å². The summed E-state index contributed by atoms with van der Waals surface area (Å²) < 4.78 is 5.40. The van der Waals surface area contributed by atoms with E-state index in [1.54, 1.807) is 56.1 Å². The number of H-pyrrole nitrogens is 2. The van der Waals surface area contributed by atoms with Crippen LogP contribution in [-0.2, 0) is 19.9 Å². The van der Waals surface area contributed by atoms with Crippen LogP contribution in [-0.4, -0.2) is 89.2 Å². The van der Waals surface area contributed by atoms with E-state index < -0.39 is 23.6 Å². The highest BCUT2D eigenvalue weighted by atomic mass is 16.6. The Morgan fingerprint density at radius 2 is 1.40 bits per heavy atom. The minimum absolute atomic E-state index is 0.128. The highest BCUT2D eigenvalue weighted by molar-refractivity contribution is 5.88. The first kappa shape index (κ1) is 40.1.